The highest BCUT2D eigenvalue weighted by Crippen LogP contribution is 2.18. The highest BCUT2D eigenvalue weighted by atomic mass is 16.2. The van der Waals surface area contributed by atoms with Crippen LogP contribution in [-0.2, 0) is 0 Å². The number of anilines is 1. The molecule has 0 fully saturated rings. The van der Waals surface area contributed by atoms with E-state index in [2.05, 4.69) is 22.1 Å². The maximum absolute atomic E-state index is 11.9. The Morgan fingerprint density at radius 3 is 3.12 bits per heavy atom. The smallest absolute Gasteiger partial charge is 0.272 e. The first-order chi connectivity index (χ1) is 8.11. The van der Waals surface area contributed by atoms with Crippen molar-refractivity contribution in [3.63, 3.8) is 0 Å². The van der Waals surface area contributed by atoms with Crippen LogP contribution in [0.25, 0.3) is 10.9 Å². The lowest BCUT2D eigenvalue weighted by molar-refractivity contribution is 0.0943. The van der Waals surface area contributed by atoms with Gasteiger partial charge >= 0.3 is 0 Å². The minimum atomic E-state index is -0.241. The predicted molar refractivity (Wildman–Crippen MR) is 67.6 cm³/mol. The summed E-state index contributed by atoms with van der Waals surface area (Å²) in [6.07, 6.45) is 1.65. The van der Waals surface area contributed by atoms with Gasteiger partial charge in [0.15, 0.2) is 5.69 Å². The van der Waals surface area contributed by atoms with Crippen molar-refractivity contribution in [2.24, 2.45) is 0 Å². The van der Waals surface area contributed by atoms with Gasteiger partial charge in [0, 0.05) is 17.1 Å². The van der Waals surface area contributed by atoms with E-state index in [1.165, 1.54) is 0 Å². The van der Waals surface area contributed by atoms with Gasteiger partial charge in [0.2, 0.25) is 0 Å². The molecule has 1 heterocycles. The van der Waals surface area contributed by atoms with Gasteiger partial charge in [-0.1, -0.05) is 6.08 Å². The number of benzene rings is 1. The van der Waals surface area contributed by atoms with Crippen molar-refractivity contribution < 1.29 is 4.79 Å². The number of carbonyl (C=O) groups excluding carboxylic acids is 1. The van der Waals surface area contributed by atoms with Gasteiger partial charge in [-0.25, -0.2) is 0 Å². The molecular formula is C12H14N4O. The van der Waals surface area contributed by atoms with Crippen molar-refractivity contribution in [1.82, 2.24) is 15.5 Å². The fourth-order valence-corrected chi connectivity index (χ4v) is 1.54. The average Bonchev–Trinajstić information content (AvgIpc) is 2.71. The second-order valence-corrected chi connectivity index (χ2v) is 3.88. The lowest BCUT2D eigenvalue weighted by Crippen LogP contribution is -2.31. The van der Waals surface area contributed by atoms with Gasteiger partial charge in [0.1, 0.15) is 0 Å². The van der Waals surface area contributed by atoms with E-state index in [9.17, 15) is 4.79 Å². The third kappa shape index (κ3) is 2.13. The summed E-state index contributed by atoms with van der Waals surface area (Å²) in [6, 6.07) is 5.18. The van der Waals surface area contributed by atoms with Crippen molar-refractivity contribution in [2.75, 3.05) is 5.73 Å². The molecule has 0 bridgehead atoms. The van der Waals surface area contributed by atoms with Crippen molar-refractivity contribution >= 4 is 22.5 Å². The van der Waals surface area contributed by atoms with Crippen LogP contribution in [0.15, 0.2) is 30.9 Å². The van der Waals surface area contributed by atoms with Crippen molar-refractivity contribution in [1.29, 1.82) is 0 Å². The number of hydrogen-bond acceptors (Lipinski definition) is 3. The maximum Gasteiger partial charge on any atom is 0.272 e. The zero-order valence-electron chi connectivity index (χ0n) is 9.53. The third-order valence-electron chi connectivity index (χ3n) is 2.51. The van der Waals surface area contributed by atoms with E-state index in [4.69, 9.17) is 5.73 Å². The first-order valence-corrected chi connectivity index (χ1v) is 5.29. The van der Waals surface area contributed by atoms with E-state index in [-0.39, 0.29) is 11.9 Å². The molecule has 0 radical (unpaired) electrons. The largest absolute Gasteiger partial charge is 0.399 e. The molecule has 0 aliphatic heterocycles. The molecule has 0 spiro atoms. The summed E-state index contributed by atoms with van der Waals surface area (Å²) < 4.78 is 0. The zero-order chi connectivity index (χ0) is 12.4. The van der Waals surface area contributed by atoms with Gasteiger partial charge in [-0.05, 0) is 25.1 Å². The quantitative estimate of drug-likeness (QED) is 0.551. The van der Waals surface area contributed by atoms with E-state index in [0.29, 0.717) is 11.4 Å². The van der Waals surface area contributed by atoms with Gasteiger partial charge in [-0.2, -0.15) is 5.10 Å². The number of carbonyl (C=O) groups is 1. The van der Waals surface area contributed by atoms with Crippen molar-refractivity contribution in [3.8, 4) is 0 Å². The topological polar surface area (TPSA) is 83.8 Å². The monoisotopic (exact) mass is 230 g/mol. The first-order valence-electron chi connectivity index (χ1n) is 5.29. The molecule has 1 unspecified atom stereocenters. The molecule has 2 rings (SSSR count). The minimum absolute atomic E-state index is 0.102. The van der Waals surface area contributed by atoms with Gasteiger partial charge in [0.25, 0.3) is 5.91 Å². The number of nitrogen functional groups attached to an aromatic ring is 1. The number of hydrogen-bond donors (Lipinski definition) is 3. The molecule has 1 aromatic carbocycles. The van der Waals surface area contributed by atoms with E-state index in [1.807, 2.05) is 6.92 Å². The Labute approximate surface area is 98.7 Å². The SMILES string of the molecule is C=CC(C)NC(=O)c1n[nH]c2ccc(N)cc12. The average molecular weight is 230 g/mol. The normalized spacial score (nSPS) is 12.3. The number of H-pyrrole nitrogens is 1. The van der Waals surface area contributed by atoms with Crippen molar-refractivity contribution in [3.05, 3.63) is 36.5 Å². The number of amides is 1. The highest BCUT2D eigenvalue weighted by Gasteiger charge is 2.15. The number of nitrogens with one attached hydrogen (secondary N) is 2. The van der Waals surface area contributed by atoms with E-state index in [1.54, 1.807) is 24.3 Å². The summed E-state index contributed by atoms with van der Waals surface area (Å²) in [6.45, 7) is 5.45. The zero-order valence-corrected chi connectivity index (χ0v) is 9.53. The van der Waals surface area contributed by atoms with Crippen LogP contribution >= 0.6 is 0 Å². The molecule has 0 saturated heterocycles. The summed E-state index contributed by atoms with van der Waals surface area (Å²) in [4.78, 5) is 11.9. The number of nitrogens with zero attached hydrogens (tertiary/aromatic N) is 1. The lowest BCUT2D eigenvalue weighted by Gasteiger charge is -2.07. The molecule has 5 heteroatoms. The van der Waals surface area contributed by atoms with Crippen LogP contribution in [-0.4, -0.2) is 22.1 Å². The van der Waals surface area contributed by atoms with Gasteiger partial charge in [-0.3, -0.25) is 9.89 Å². The molecule has 17 heavy (non-hydrogen) atoms. The summed E-state index contributed by atoms with van der Waals surface area (Å²) in [7, 11) is 0. The van der Waals surface area contributed by atoms with E-state index in [0.717, 1.165) is 10.9 Å². The predicted octanol–water partition coefficient (Wildman–Crippen LogP) is 1.45. The summed E-state index contributed by atoms with van der Waals surface area (Å²) in [5, 5.41) is 10.3. The second kappa shape index (κ2) is 4.29. The summed E-state index contributed by atoms with van der Waals surface area (Å²) in [5.41, 5.74) is 7.43. The van der Waals surface area contributed by atoms with Crippen LogP contribution in [0.3, 0.4) is 0 Å². The first kappa shape index (κ1) is 11.2. The minimum Gasteiger partial charge on any atom is -0.399 e. The Hall–Kier alpha value is -2.30. The molecule has 1 atom stereocenters. The van der Waals surface area contributed by atoms with Crippen LogP contribution in [0.4, 0.5) is 5.69 Å². The Morgan fingerprint density at radius 1 is 1.65 bits per heavy atom. The number of aromatic nitrogens is 2. The van der Waals surface area contributed by atoms with Gasteiger partial charge in [0.05, 0.1) is 5.52 Å². The highest BCUT2D eigenvalue weighted by molar-refractivity contribution is 6.05. The molecule has 0 saturated carbocycles. The summed E-state index contributed by atoms with van der Waals surface area (Å²) in [5.74, 6) is -0.241. The molecule has 88 valence electrons. The van der Waals surface area contributed by atoms with Crippen LogP contribution in [0.5, 0.6) is 0 Å². The molecule has 1 aromatic heterocycles. The third-order valence-corrected chi connectivity index (χ3v) is 2.51. The number of fused-ring (bicyclic) bond motifs is 1. The second-order valence-electron chi connectivity index (χ2n) is 3.88. The summed E-state index contributed by atoms with van der Waals surface area (Å²) >= 11 is 0. The molecule has 5 nitrogen and oxygen atoms in total. The maximum atomic E-state index is 11.9. The molecule has 0 aliphatic carbocycles. The molecule has 4 N–H and O–H groups in total. The van der Waals surface area contributed by atoms with Crippen LogP contribution < -0.4 is 11.1 Å². The van der Waals surface area contributed by atoms with Crippen LogP contribution in [0, 0.1) is 0 Å². The Bertz CT molecular complexity index is 573. The Kier molecular flexibility index (Phi) is 2.82. The lowest BCUT2D eigenvalue weighted by atomic mass is 10.2. The molecular weight excluding hydrogens is 216 g/mol. The van der Waals surface area contributed by atoms with E-state index >= 15 is 0 Å². The number of aromatic amines is 1. The van der Waals surface area contributed by atoms with Crippen LogP contribution in [0.1, 0.15) is 17.4 Å². The van der Waals surface area contributed by atoms with Crippen molar-refractivity contribution in [2.45, 2.75) is 13.0 Å². The number of nitrogens with two attached hydrogens (primary N) is 1. The molecule has 1 amide bonds. The van der Waals surface area contributed by atoms with Gasteiger partial charge in [-0.15, -0.1) is 6.58 Å². The van der Waals surface area contributed by atoms with Gasteiger partial charge < -0.3 is 11.1 Å². The Morgan fingerprint density at radius 2 is 2.41 bits per heavy atom. The standard InChI is InChI=1S/C12H14N4O/c1-3-7(2)14-12(17)11-9-6-8(13)4-5-10(9)15-16-11/h3-7H,1,13H2,2H3,(H,14,17)(H,15,16). The van der Waals surface area contributed by atoms with E-state index < -0.39 is 0 Å². The Balaban J connectivity index is 2.38. The van der Waals surface area contributed by atoms with Crippen LogP contribution in [0.2, 0.25) is 0 Å². The molecule has 0 aliphatic rings. The molecule has 2 aromatic rings. The fourth-order valence-electron chi connectivity index (χ4n) is 1.54. The fraction of sp³-hybridized carbons (Fsp3) is 0.167. The number of rotatable bonds is 3.